The van der Waals surface area contributed by atoms with Gasteiger partial charge in [-0.2, -0.15) is 4.98 Å². The Balaban J connectivity index is 2.77. The van der Waals surface area contributed by atoms with E-state index in [0.717, 1.165) is 18.7 Å². The zero-order chi connectivity index (χ0) is 13.6. The van der Waals surface area contributed by atoms with Crippen LogP contribution < -0.4 is 10.1 Å². The van der Waals surface area contributed by atoms with Crippen LogP contribution in [0.3, 0.4) is 0 Å². The fourth-order valence-electron chi connectivity index (χ4n) is 1.55. The van der Waals surface area contributed by atoms with E-state index in [2.05, 4.69) is 29.1 Å². The van der Waals surface area contributed by atoms with E-state index < -0.39 is 0 Å². The number of hydrogen-bond acceptors (Lipinski definition) is 4. The number of rotatable bonds is 7. The first-order valence-corrected chi connectivity index (χ1v) is 6.85. The molecule has 1 aromatic heterocycles. The number of anilines is 1. The van der Waals surface area contributed by atoms with Gasteiger partial charge in [0.25, 0.3) is 0 Å². The number of nitrogens with one attached hydrogen (secondary N) is 1. The molecule has 0 amide bonds. The number of ether oxygens (including phenoxy) is 1. The predicted molar refractivity (Wildman–Crippen MR) is 75.5 cm³/mol. The number of halogens is 1. The molecule has 1 unspecified atom stereocenters. The minimum atomic E-state index is -0.0626. The third-order valence-corrected chi connectivity index (χ3v) is 3.01. The summed E-state index contributed by atoms with van der Waals surface area (Å²) in [5.41, 5.74) is -0.0626. The smallest absolute Gasteiger partial charge is 0.234 e. The fraction of sp³-hybridized carbons (Fsp3) is 0.692. The summed E-state index contributed by atoms with van der Waals surface area (Å²) >= 11 is 5.83. The highest BCUT2D eigenvalue weighted by Crippen LogP contribution is 2.22. The number of alkyl halides is 1. The maximum absolute atomic E-state index is 5.83. The lowest BCUT2D eigenvalue weighted by Crippen LogP contribution is -2.34. The highest BCUT2D eigenvalue weighted by Gasteiger charge is 2.21. The van der Waals surface area contributed by atoms with E-state index in [1.54, 1.807) is 12.4 Å². The Labute approximate surface area is 114 Å². The molecule has 0 bridgehead atoms. The van der Waals surface area contributed by atoms with E-state index in [9.17, 15) is 0 Å². The van der Waals surface area contributed by atoms with Crippen molar-refractivity contribution in [2.45, 2.75) is 52.2 Å². The quantitative estimate of drug-likeness (QED) is 0.772. The molecule has 0 saturated heterocycles. The molecule has 102 valence electrons. The number of hydrogen-bond donors (Lipinski definition) is 1. The molecule has 1 rings (SSSR count). The van der Waals surface area contributed by atoms with Gasteiger partial charge in [0, 0.05) is 11.4 Å². The van der Waals surface area contributed by atoms with E-state index in [-0.39, 0.29) is 11.6 Å². The highest BCUT2D eigenvalue weighted by molar-refractivity contribution is 6.17. The Morgan fingerprint density at radius 2 is 2.17 bits per heavy atom. The first kappa shape index (κ1) is 15.0. The Hall–Kier alpha value is -1.03. The summed E-state index contributed by atoms with van der Waals surface area (Å²) in [6.45, 7) is 8.19. The van der Waals surface area contributed by atoms with Crippen molar-refractivity contribution in [1.82, 2.24) is 9.97 Å². The van der Waals surface area contributed by atoms with Crippen molar-refractivity contribution in [3.8, 4) is 5.88 Å². The van der Waals surface area contributed by atoms with Gasteiger partial charge in [-0.3, -0.25) is 4.98 Å². The second-order valence-electron chi connectivity index (χ2n) is 4.89. The topological polar surface area (TPSA) is 47.0 Å². The summed E-state index contributed by atoms with van der Waals surface area (Å²) in [6, 6.07) is 0. The van der Waals surface area contributed by atoms with Gasteiger partial charge in [0.15, 0.2) is 0 Å². The van der Waals surface area contributed by atoms with E-state index in [4.69, 9.17) is 16.3 Å². The van der Waals surface area contributed by atoms with Crippen LogP contribution in [-0.2, 0) is 0 Å². The second-order valence-corrected chi connectivity index (χ2v) is 5.27. The van der Waals surface area contributed by atoms with Crippen molar-refractivity contribution >= 4 is 17.4 Å². The molecule has 5 heteroatoms. The van der Waals surface area contributed by atoms with Gasteiger partial charge in [-0.15, -0.1) is 11.6 Å². The summed E-state index contributed by atoms with van der Waals surface area (Å²) in [5, 5.41) is 3.38. The van der Waals surface area contributed by atoms with Crippen molar-refractivity contribution in [3.05, 3.63) is 12.4 Å². The van der Waals surface area contributed by atoms with Gasteiger partial charge < -0.3 is 10.1 Å². The van der Waals surface area contributed by atoms with Crippen molar-refractivity contribution in [2.75, 3.05) is 11.2 Å². The minimum absolute atomic E-state index is 0.0626. The third kappa shape index (κ3) is 4.69. The second kappa shape index (κ2) is 6.78. The van der Waals surface area contributed by atoms with E-state index in [1.165, 1.54) is 0 Å². The maximum Gasteiger partial charge on any atom is 0.234 e. The molecule has 0 spiro atoms. The molecular weight excluding hydrogens is 250 g/mol. The zero-order valence-corrected chi connectivity index (χ0v) is 12.3. The maximum atomic E-state index is 5.83. The average Bonchev–Trinajstić information content (AvgIpc) is 2.28. The van der Waals surface area contributed by atoms with Crippen molar-refractivity contribution in [3.63, 3.8) is 0 Å². The minimum Gasteiger partial charge on any atom is -0.474 e. The van der Waals surface area contributed by atoms with Crippen molar-refractivity contribution in [1.29, 1.82) is 0 Å². The van der Waals surface area contributed by atoms with Gasteiger partial charge in [0.2, 0.25) is 5.88 Å². The van der Waals surface area contributed by atoms with Crippen LogP contribution in [0.15, 0.2) is 12.4 Å². The number of aromatic nitrogens is 2. The molecule has 0 radical (unpaired) electrons. The summed E-state index contributed by atoms with van der Waals surface area (Å²) in [6.07, 6.45) is 5.26. The lowest BCUT2D eigenvalue weighted by molar-refractivity contribution is 0.232. The fourth-order valence-corrected chi connectivity index (χ4v) is 1.97. The van der Waals surface area contributed by atoms with Crippen molar-refractivity contribution in [2.24, 2.45) is 0 Å². The molecule has 0 aromatic carbocycles. The highest BCUT2D eigenvalue weighted by atomic mass is 35.5. The Bertz CT molecular complexity index is 373. The number of nitrogens with zero attached hydrogens (tertiary/aromatic N) is 2. The lowest BCUT2D eigenvalue weighted by Gasteiger charge is -2.29. The molecule has 0 aliphatic rings. The molecule has 18 heavy (non-hydrogen) atoms. The predicted octanol–water partition coefficient (Wildman–Crippen LogP) is 3.47. The monoisotopic (exact) mass is 271 g/mol. The van der Waals surface area contributed by atoms with Crippen molar-refractivity contribution < 1.29 is 4.74 Å². The van der Waals surface area contributed by atoms with Crippen LogP contribution in [0, 0.1) is 0 Å². The first-order chi connectivity index (χ1) is 8.49. The summed E-state index contributed by atoms with van der Waals surface area (Å²) < 4.78 is 5.52. The molecule has 0 aliphatic carbocycles. The standard InChI is InChI=1S/C13H22ClN3O/c1-5-13(4,6-7-14)17-11-8-15-9-12(16-11)18-10(2)3/h8-10H,5-7H2,1-4H3,(H,16,17). The van der Waals surface area contributed by atoms with Gasteiger partial charge in [-0.25, -0.2) is 0 Å². The SMILES string of the molecule is CCC(C)(CCCl)Nc1cncc(OC(C)C)n1. The van der Waals surface area contributed by atoms with Gasteiger partial charge in [0.1, 0.15) is 5.82 Å². The van der Waals surface area contributed by atoms with E-state index in [1.807, 2.05) is 13.8 Å². The van der Waals surface area contributed by atoms with E-state index in [0.29, 0.717) is 11.8 Å². The Morgan fingerprint density at radius 1 is 1.44 bits per heavy atom. The van der Waals surface area contributed by atoms with E-state index >= 15 is 0 Å². The largest absolute Gasteiger partial charge is 0.474 e. The van der Waals surface area contributed by atoms with Crippen LogP contribution in [0.25, 0.3) is 0 Å². The molecule has 4 nitrogen and oxygen atoms in total. The molecule has 0 aliphatic heterocycles. The van der Waals surface area contributed by atoms with Crippen LogP contribution in [-0.4, -0.2) is 27.5 Å². The van der Waals surface area contributed by atoms with Crippen LogP contribution in [0.4, 0.5) is 5.82 Å². The normalized spacial score (nSPS) is 14.3. The van der Waals surface area contributed by atoms with Gasteiger partial charge in [-0.05, 0) is 33.6 Å². The molecule has 0 saturated carbocycles. The van der Waals surface area contributed by atoms with Crippen LogP contribution in [0.2, 0.25) is 0 Å². The lowest BCUT2D eigenvalue weighted by atomic mass is 9.95. The molecule has 0 fully saturated rings. The zero-order valence-electron chi connectivity index (χ0n) is 11.5. The van der Waals surface area contributed by atoms with Crippen LogP contribution >= 0.6 is 11.6 Å². The molecular formula is C13H22ClN3O. The summed E-state index contributed by atoms with van der Waals surface area (Å²) in [4.78, 5) is 8.52. The summed E-state index contributed by atoms with van der Waals surface area (Å²) in [7, 11) is 0. The van der Waals surface area contributed by atoms with Gasteiger partial charge in [0.05, 0.1) is 18.5 Å². The first-order valence-electron chi connectivity index (χ1n) is 6.32. The molecule has 1 heterocycles. The molecule has 1 atom stereocenters. The van der Waals surface area contributed by atoms with Gasteiger partial charge in [-0.1, -0.05) is 6.92 Å². The molecule has 1 aromatic rings. The van der Waals surface area contributed by atoms with Gasteiger partial charge >= 0.3 is 0 Å². The summed E-state index contributed by atoms with van der Waals surface area (Å²) in [5.74, 6) is 1.88. The Kier molecular flexibility index (Phi) is 5.66. The third-order valence-electron chi connectivity index (χ3n) is 2.83. The average molecular weight is 272 g/mol. The Morgan fingerprint density at radius 3 is 2.72 bits per heavy atom. The van der Waals surface area contributed by atoms with Crippen LogP contribution in [0.5, 0.6) is 5.88 Å². The molecule has 1 N–H and O–H groups in total. The van der Waals surface area contributed by atoms with Crippen LogP contribution in [0.1, 0.15) is 40.5 Å².